The Labute approximate surface area is 105 Å². The molecule has 4 nitrogen and oxygen atoms in total. The lowest BCUT2D eigenvalue weighted by atomic mass is 10.1. The normalized spacial score (nSPS) is 15.2. The van der Waals surface area contributed by atoms with Crippen LogP contribution in [0.1, 0.15) is 18.2 Å². The van der Waals surface area contributed by atoms with Crippen molar-refractivity contribution in [2.75, 3.05) is 13.1 Å². The molecule has 0 atom stereocenters. The minimum Gasteiger partial charge on any atom is -0.337 e. The van der Waals surface area contributed by atoms with E-state index in [0.717, 1.165) is 37.1 Å². The van der Waals surface area contributed by atoms with Gasteiger partial charge in [0.05, 0.1) is 11.2 Å². The molecule has 0 amide bonds. The zero-order valence-corrected chi connectivity index (χ0v) is 10.4. The number of nitrogens with zero attached hydrogens (tertiary/aromatic N) is 1. The Hall–Kier alpha value is -1.81. The van der Waals surface area contributed by atoms with E-state index in [0.29, 0.717) is 0 Å². The molecule has 0 bridgehead atoms. The SMILES string of the molecule is CC(=O)On1c2c(c3ccccc31)CCNCC2. The number of carbonyl (C=O) groups excluding carboxylic acids is 1. The van der Waals surface area contributed by atoms with Crippen LogP contribution in [0.5, 0.6) is 0 Å². The first-order valence-corrected chi connectivity index (χ1v) is 6.28. The van der Waals surface area contributed by atoms with Gasteiger partial charge in [-0.15, -0.1) is 0 Å². The van der Waals surface area contributed by atoms with Gasteiger partial charge in [-0.2, -0.15) is 4.73 Å². The molecule has 4 heteroatoms. The van der Waals surface area contributed by atoms with Gasteiger partial charge in [-0.05, 0) is 24.6 Å². The third-order valence-electron chi connectivity index (χ3n) is 3.35. The lowest BCUT2D eigenvalue weighted by Gasteiger charge is -2.08. The summed E-state index contributed by atoms with van der Waals surface area (Å²) in [5.74, 6) is -0.282. The van der Waals surface area contributed by atoms with Gasteiger partial charge in [0, 0.05) is 25.3 Å². The van der Waals surface area contributed by atoms with E-state index in [2.05, 4.69) is 11.4 Å². The highest BCUT2D eigenvalue weighted by molar-refractivity contribution is 5.86. The summed E-state index contributed by atoms with van der Waals surface area (Å²) in [5.41, 5.74) is 3.41. The van der Waals surface area contributed by atoms with Crippen molar-refractivity contribution in [1.82, 2.24) is 10.0 Å². The molecule has 1 aromatic carbocycles. The topological polar surface area (TPSA) is 43.3 Å². The van der Waals surface area contributed by atoms with E-state index in [1.807, 2.05) is 18.2 Å². The number of rotatable bonds is 1. The monoisotopic (exact) mass is 244 g/mol. The molecule has 0 aliphatic carbocycles. The summed E-state index contributed by atoms with van der Waals surface area (Å²) in [4.78, 5) is 16.6. The van der Waals surface area contributed by atoms with Gasteiger partial charge in [-0.25, -0.2) is 4.79 Å². The second kappa shape index (κ2) is 4.46. The van der Waals surface area contributed by atoms with Gasteiger partial charge >= 0.3 is 5.97 Å². The first-order valence-electron chi connectivity index (χ1n) is 6.28. The molecule has 18 heavy (non-hydrogen) atoms. The Morgan fingerprint density at radius 1 is 1.28 bits per heavy atom. The summed E-state index contributed by atoms with van der Waals surface area (Å²) >= 11 is 0. The molecule has 2 heterocycles. The number of hydrogen-bond donors (Lipinski definition) is 1. The summed E-state index contributed by atoms with van der Waals surface area (Å²) in [7, 11) is 0. The van der Waals surface area contributed by atoms with E-state index < -0.39 is 0 Å². The maximum Gasteiger partial charge on any atom is 0.329 e. The molecule has 3 rings (SSSR count). The summed E-state index contributed by atoms with van der Waals surface area (Å²) in [6.07, 6.45) is 1.86. The van der Waals surface area contributed by atoms with Gasteiger partial charge in [0.1, 0.15) is 0 Å². The molecule has 1 aliphatic heterocycles. The molecule has 0 saturated heterocycles. The number of fused-ring (bicyclic) bond motifs is 3. The van der Waals surface area contributed by atoms with Crippen molar-refractivity contribution in [3.8, 4) is 0 Å². The molecule has 0 saturated carbocycles. The second-order valence-electron chi connectivity index (χ2n) is 4.57. The highest BCUT2D eigenvalue weighted by Crippen LogP contribution is 2.27. The predicted octanol–water partition coefficient (Wildman–Crippen LogP) is 1.30. The third kappa shape index (κ3) is 1.78. The highest BCUT2D eigenvalue weighted by atomic mass is 16.7. The molecule has 0 spiro atoms. The first kappa shape index (κ1) is 11.3. The van der Waals surface area contributed by atoms with Crippen molar-refractivity contribution in [3.05, 3.63) is 35.5 Å². The standard InChI is InChI=1S/C14H16N2O2/c1-10(17)18-16-13-5-3-2-4-11(13)12-6-8-15-9-7-14(12)16/h2-5,15H,6-9H2,1H3. The molecule has 1 aromatic heterocycles. The van der Waals surface area contributed by atoms with E-state index >= 15 is 0 Å². The van der Waals surface area contributed by atoms with Gasteiger partial charge in [-0.3, -0.25) is 0 Å². The number of hydrogen-bond acceptors (Lipinski definition) is 3. The Kier molecular flexibility index (Phi) is 2.80. The number of nitrogens with one attached hydrogen (secondary N) is 1. The molecular weight excluding hydrogens is 228 g/mol. The minimum absolute atomic E-state index is 0.282. The van der Waals surface area contributed by atoms with Gasteiger partial charge in [0.25, 0.3) is 0 Å². The van der Waals surface area contributed by atoms with Crippen LogP contribution in [-0.2, 0) is 17.6 Å². The summed E-state index contributed by atoms with van der Waals surface area (Å²) in [5, 5.41) is 4.56. The average molecular weight is 244 g/mol. The van der Waals surface area contributed by atoms with Crippen LogP contribution >= 0.6 is 0 Å². The van der Waals surface area contributed by atoms with Crippen molar-refractivity contribution in [2.45, 2.75) is 19.8 Å². The zero-order chi connectivity index (χ0) is 12.5. The smallest absolute Gasteiger partial charge is 0.329 e. The molecular formula is C14H16N2O2. The van der Waals surface area contributed by atoms with Crippen LogP contribution in [0.3, 0.4) is 0 Å². The molecule has 1 aliphatic rings. The van der Waals surface area contributed by atoms with Crippen LogP contribution in [0.15, 0.2) is 24.3 Å². The number of para-hydroxylation sites is 1. The number of benzene rings is 1. The van der Waals surface area contributed by atoms with Crippen LogP contribution in [0.2, 0.25) is 0 Å². The van der Waals surface area contributed by atoms with E-state index in [9.17, 15) is 4.79 Å². The van der Waals surface area contributed by atoms with Crippen molar-refractivity contribution in [1.29, 1.82) is 0 Å². The quantitative estimate of drug-likeness (QED) is 0.822. The summed E-state index contributed by atoms with van der Waals surface area (Å²) in [6.45, 7) is 3.34. The van der Waals surface area contributed by atoms with Crippen LogP contribution in [-0.4, -0.2) is 23.8 Å². The Bertz CT molecular complexity index is 601. The van der Waals surface area contributed by atoms with Gasteiger partial charge in [0.15, 0.2) is 0 Å². The number of carbonyl (C=O) groups is 1. The molecule has 0 radical (unpaired) electrons. The van der Waals surface area contributed by atoms with E-state index in [1.165, 1.54) is 17.9 Å². The number of aromatic nitrogens is 1. The predicted molar refractivity (Wildman–Crippen MR) is 69.5 cm³/mol. The second-order valence-corrected chi connectivity index (χ2v) is 4.57. The molecule has 0 unspecified atom stereocenters. The van der Waals surface area contributed by atoms with Crippen molar-refractivity contribution >= 4 is 16.9 Å². The molecule has 2 aromatic rings. The molecule has 94 valence electrons. The van der Waals surface area contributed by atoms with Gasteiger partial charge < -0.3 is 10.2 Å². The van der Waals surface area contributed by atoms with E-state index in [-0.39, 0.29) is 5.97 Å². The van der Waals surface area contributed by atoms with Gasteiger partial charge in [0.2, 0.25) is 0 Å². The largest absolute Gasteiger partial charge is 0.337 e. The van der Waals surface area contributed by atoms with Gasteiger partial charge in [-0.1, -0.05) is 18.2 Å². The molecule has 0 fully saturated rings. The minimum atomic E-state index is -0.282. The maximum absolute atomic E-state index is 11.3. The van der Waals surface area contributed by atoms with Crippen molar-refractivity contribution in [2.24, 2.45) is 0 Å². The van der Waals surface area contributed by atoms with Crippen LogP contribution in [0, 0.1) is 0 Å². The van der Waals surface area contributed by atoms with E-state index in [4.69, 9.17) is 4.84 Å². The Balaban J connectivity index is 2.24. The third-order valence-corrected chi connectivity index (χ3v) is 3.35. The summed E-state index contributed by atoms with van der Waals surface area (Å²) in [6, 6.07) is 8.10. The fourth-order valence-electron chi connectivity index (χ4n) is 2.64. The summed E-state index contributed by atoms with van der Waals surface area (Å²) < 4.78 is 1.71. The Morgan fingerprint density at radius 2 is 2.06 bits per heavy atom. The molecule has 1 N–H and O–H groups in total. The van der Waals surface area contributed by atoms with Crippen LogP contribution in [0.4, 0.5) is 0 Å². The fourth-order valence-corrected chi connectivity index (χ4v) is 2.64. The van der Waals surface area contributed by atoms with Crippen LogP contribution in [0.25, 0.3) is 10.9 Å². The first-order chi connectivity index (χ1) is 8.77. The van der Waals surface area contributed by atoms with Crippen molar-refractivity contribution < 1.29 is 9.63 Å². The maximum atomic E-state index is 11.3. The fraction of sp³-hybridized carbons (Fsp3) is 0.357. The van der Waals surface area contributed by atoms with E-state index in [1.54, 1.807) is 4.73 Å². The lowest BCUT2D eigenvalue weighted by Crippen LogP contribution is -2.21. The Morgan fingerprint density at radius 3 is 2.89 bits per heavy atom. The van der Waals surface area contributed by atoms with Crippen molar-refractivity contribution in [3.63, 3.8) is 0 Å². The highest BCUT2D eigenvalue weighted by Gasteiger charge is 2.20. The average Bonchev–Trinajstić information content (AvgIpc) is 2.55. The van der Waals surface area contributed by atoms with Crippen LogP contribution < -0.4 is 10.2 Å². The lowest BCUT2D eigenvalue weighted by molar-refractivity contribution is -0.141. The zero-order valence-electron chi connectivity index (χ0n) is 10.4.